The highest BCUT2D eigenvalue weighted by Crippen LogP contribution is 2.40. The molecule has 0 aliphatic carbocycles. The van der Waals surface area contributed by atoms with Gasteiger partial charge in [-0.25, -0.2) is 0 Å². The Labute approximate surface area is 284 Å². The SMILES string of the molecule is c1ccc2c(c1)oc1c2ccc2c3cc(-c4ccc5ccc(-c6ccc7[nH]c8c(ccc9c%10ccccc%10oc98)c7c6)cc5c4)ccc3[nH]c21. The van der Waals surface area contributed by atoms with Gasteiger partial charge >= 0.3 is 0 Å². The van der Waals surface area contributed by atoms with Crippen LogP contribution in [0, 0.1) is 0 Å². The van der Waals surface area contributed by atoms with Crippen molar-refractivity contribution < 1.29 is 8.83 Å². The molecule has 0 atom stereocenters. The van der Waals surface area contributed by atoms with Crippen molar-refractivity contribution in [1.29, 1.82) is 0 Å². The Hall–Kier alpha value is -6.78. The van der Waals surface area contributed by atoms with E-state index in [1.807, 2.05) is 24.3 Å². The van der Waals surface area contributed by atoms with Gasteiger partial charge < -0.3 is 18.8 Å². The number of H-pyrrole nitrogens is 2. The molecule has 12 rings (SSSR count). The highest BCUT2D eigenvalue weighted by Gasteiger charge is 2.16. The molecule has 12 aromatic rings. The number of aromatic amines is 2. The quantitative estimate of drug-likeness (QED) is 0.198. The van der Waals surface area contributed by atoms with Gasteiger partial charge in [0.25, 0.3) is 0 Å². The summed E-state index contributed by atoms with van der Waals surface area (Å²) < 4.78 is 12.7. The van der Waals surface area contributed by atoms with Gasteiger partial charge in [-0.05, 0) is 93.7 Å². The smallest absolute Gasteiger partial charge is 0.159 e. The van der Waals surface area contributed by atoms with Gasteiger partial charge in [0.1, 0.15) is 11.2 Å². The predicted octanol–water partition coefficient (Wildman–Crippen LogP) is 13.2. The Kier molecular flexibility index (Phi) is 4.94. The molecule has 4 heteroatoms. The average Bonchev–Trinajstić information content (AvgIpc) is 3.93. The first-order chi connectivity index (χ1) is 24.7. The molecule has 4 aromatic heterocycles. The van der Waals surface area contributed by atoms with Crippen LogP contribution in [0.1, 0.15) is 0 Å². The van der Waals surface area contributed by atoms with E-state index in [9.17, 15) is 0 Å². The second-order valence-corrected chi connectivity index (χ2v) is 13.5. The molecule has 4 heterocycles. The van der Waals surface area contributed by atoms with Crippen molar-refractivity contribution in [3.63, 3.8) is 0 Å². The van der Waals surface area contributed by atoms with Crippen LogP contribution in [0.5, 0.6) is 0 Å². The van der Waals surface area contributed by atoms with Crippen molar-refractivity contribution in [2.45, 2.75) is 0 Å². The summed E-state index contributed by atoms with van der Waals surface area (Å²) in [6, 6.07) is 52.3. The van der Waals surface area contributed by atoms with E-state index in [0.29, 0.717) is 0 Å². The third-order valence-electron chi connectivity index (χ3n) is 10.7. The Morgan fingerprint density at radius 1 is 0.320 bits per heavy atom. The first-order valence-corrected chi connectivity index (χ1v) is 17.0. The van der Waals surface area contributed by atoms with Gasteiger partial charge in [0.2, 0.25) is 0 Å². The van der Waals surface area contributed by atoms with E-state index in [1.54, 1.807) is 0 Å². The molecule has 2 N–H and O–H groups in total. The fraction of sp³-hybridized carbons (Fsp3) is 0. The second kappa shape index (κ2) is 9.43. The minimum atomic E-state index is 0.910. The molecule has 8 aromatic carbocycles. The Balaban J connectivity index is 0.963. The molecule has 232 valence electrons. The number of hydrogen-bond donors (Lipinski definition) is 2. The average molecular weight is 639 g/mol. The van der Waals surface area contributed by atoms with Crippen molar-refractivity contribution in [1.82, 2.24) is 9.97 Å². The van der Waals surface area contributed by atoms with Crippen molar-refractivity contribution in [2.24, 2.45) is 0 Å². The maximum atomic E-state index is 6.34. The van der Waals surface area contributed by atoms with Crippen molar-refractivity contribution in [3.05, 3.63) is 146 Å². The first-order valence-electron chi connectivity index (χ1n) is 17.0. The predicted molar refractivity (Wildman–Crippen MR) is 208 cm³/mol. The summed E-state index contributed by atoms with van der Waals surface area (Å²) in [6.07, 6.45) is 0. The molecular weight excluding hydrogens is 613 g/mol. The van der Waals surface area contributed by atoms with Crippen LogP contribution in [0.2, 0.25) is 0 Å². The largest absolute Gasteiger partial charge is 0.454 e. The zero-order chi connectivity index (χ0) is 32.5. The number of rotatable bonds is 2. The molecular formula is C46H26N2O2. The molecule has 0 aliphatic rings. The van der Waals surface area contributed by atoms with Crippen molar-refractivity contribution in [3.8, 4) is 22.3 Å². The summed E-state index contributed by atoms with van der Waals surface area (Å²) in [6.45, 7) is 0. The van der Waals surface area contributed by atoms with Gasteiger partial charge in [-0.1, -0.05) is 84.9 Å². The summed E-state index contributed by atoms with van der Waals surface area (Å²) in [5.41, 5.74) is 12.7. The lowest BCUT2D eigenvalue weighted by atomic mass is 9.96. The lowest BCUT2D eigenvalue weighted by Crippen LogP contribution is -1.82. The Bertz CT molecular complexity index is 3160. The zero-order valence-electron chi connectivity index (χ0n) is 26.7. The number of furan rings is 2. The van der Waals surface area contributed by atoms with Crippen LogP contribution in [-0.2, 0) is 0 Å². The molecule has 0 saturated carbocycles. The molecule has 0 radical (unpaired) electrons. The van der Waals surface area contributed by atoms with Crippen LogP contribution in [0.25, 0.3) is 121 Å². The number of hydrogen-bond acceptors (Lipinski definition) is 2. The van der Waals surface area contributed by atoms with Crippen LogP contribution in [0.3, 0.4) is 0 Å². The van der Waals surface area contributed by atoms with Gasteiger partial charge in [-0.3, -0.25) is 0 Å². The first kappa shape index (κ1) is 26.2. The van der Waals surface area contributed by atoms with Crippen LogP contribution in [0.4, 0.5) is 0 Å². The van der Waals surface area contributed by atoms with Gasteiger partial charge in [0.05, 0.1) is 11.0 Å². The summed E-state index contributed by atoms with van der Waals surface area (Å²) >= 11 is 0. The highest BCUT2D eigenvalue weighted by molar-refractivity contribution is 6.22. The third-order valence-corrected chi connectivity index (χ3v) is 10.7. The molecule has 4 nitrogen and oxygen atoms in total. The molecule has 0 spiro atoms. The Morgan fingerprint density at radius 2 is 0.760 bits per heavy atom. The van der Waals surface area contributed by atoms with E-state index in [0.717, 1.165) is 65.9 Å². The number of fused-ring (bicyclic) bond motifs is 15. The number of nitrogens with one attached hydrogen (secondary N) is 2. The van der Waals surface area contributed by atoms with Crippen molar-refractivity contribution in [2.75, 3.05) is 0 Å². The van der Waals surface area contributed by atoms with Crippen LogP contribution >= 0.6 is 0 Å². The van der Waals surface area contributed by atoms with Crippen LogP contribution in [-0.4, -0.2) is 9.97 Å². The topological polar surface area (TPSA) is 57.9 Å². The summed E-state index contributed by atoms with van der Waals surface area (Å²) in [4.78, 5) is 7.30. The van der Waals surface area contributed by atoms with E-state index in [4.69, 9.17) is 8.83 Å². The van der Waals surface area contributed by atoms with Crippen molar-refractivity contribution >= 4 is 98.3 Å². The van der Waals surface area contributed by atoms with E-state index >= 15 is 0 Å². The van der Waals surface area contributed by atoms with E-state index < -0.39 is 0 Å². The maximum Gasteiger partial charge on any atom is 0.159 e. The molecule has 0 bridgehead atoms. The monoisotopic (exact) mass is 638 g/mol. The Morgan fingerprint density at radius 3 is 1.28 bits per heavy atom. The number of aromatic nitrogens is 2. The van der Waals surface area contributed by atoms with E-state index in [2.05, 4.69) is 131 Å². The molecule has 50 heavy (non-hydrogen) atoms. The fourth-order valence-electron chi connectivity index (χ4n) is 8.26. The highest BCUT2D eigenvalue weighted by atomic mass is 16.3. The van der Waals surface area contributed by atoms with Gasteiger partial charge in [0, 0.05) is 54.1 Å². The molecule has 0 aliphatic heterocycles. The standard InChI is InChI=1S/C46H26N2O2/c1-3-7-41-31(5-1)35-17-15-33-37-23-28(13-19-39(37)47-43(33)45(35)49-41)26-11-9-25-10-12-27(22-30(25)21-26)29-14-20-40-38(24-29)34-16-18-36-32-6-2-4-8-42(32)50-46(36)44(34)48-40/h1-24,47-48H. The van der Waals surface area contributed by atoms with Crippen LogP contribution in [0.15, 0.2) is 154 Å². The van der Waals surface area contributed by atoms with Gasteiger partial charge in [0.15, 0.2) is 11.2 Å². The molecule has 0 unspecified atom stereocenters. The lowest BCUT2D eigenvalue weighted by molar-refractivity contribution is 0.671. The van der Waals surface area contributed by atoms with Gasteiger partial charge in [-0.2, -0.15) is 0 Å². The van der Waals surface area contributed by atoms with Gasteiger partial charge in [-0.15, -0.1) is 0 Å². The summed E-state index contributed by atoms with van der Waals surface area (Å²) in [7, 11) is 0. The minimum absolute atomic E-state index is 0.910. The summed E-state index contributed by atoms with van der Waals surface area (Å²) in [5.74, 6) is 0. The van der Waals surface area contributed by atoms with E-state index in [-0.39, 0.29) is 0 Å². The summed E-state index contributed by atoms with van der Waals surface area (Å²) in [5, 5.41) is 11.7. The fourth-order valence-corrected chi connectivity index (χ4v) is 8.26. The number of benzene rings is 8. The molecule has 0 fully saturated rings. The minimum Gasteiger partial charge on any atom is -0.454 e. The zero-order valence-corrected chi connectivity index (χ0v) is 26.7. The van der Waals surface area contributed by atoms with E-state index in [1.165, 1.54) is 54.6 Å². The normalized spacial score (nSPS) is 12.4. The van der Waals surface area contributed by atoms with Crippen LogP contribution < -0.4 is 0 Å². The molecule has 0 amide bonds. The second-order valence-electron chi connectivity index (χ2n) is 13.5. The number of para-hydroxylation sites is 2. The third kappa shape index (κ3) is 3.54. The maximum absolute atomic E-state index is 6.34. The molecule has 0 saturated heterocycles. The lowest BCUT2D eigenvalue weighted by Gasteiger charge is -2.08.